The van der Waals surface area contributed by atoms with E-state index in [2.05, 4.69) is 20.3 Å². The zero-order valence-corrected chi connectivity index (χ0v) is 13.1. The second-order valence-electron chi connectivity index (χ2n) is 5.65. The van der Waals surface area contributed by atoms with Crippen molar-refractivity contribution in [1.82, 2.24) is 24.7 Å². The van der Waals surface area contributed by atoms with Gasteiger partial charge in [0.1, 0.15) is 17.2 Å². The standard InChI is InChI=1S/C18H17N5O/c24-18(15-12-23-11-4-3-9-17(23)22-15)19-10-5-8-16-20-13-6-1-2-7-14(13)21-16/h1-4,6-7,9,11-12H,5,8,10H2,(H,19,24)(H,20,21). The Morgan fingerprint density at radius 1 is 1.12 bits per heavy atom. The fourth-order valence-corrected chi connectivity index (χ4v) is 2.72. The van der Waals surface area contributed by atoms with E-state index in [4.69, 9.17) is 0 Å². The number of carbonyl (C=O) groups excluding carboxylic acids is 1. The van der Waals surface area contributed by atoms with E-state index in [1.807, 2.05) is 53.1 Å². The fraction of sp³-hybridized carbons (Fsp3) is 0.167. The average Bonchev–Trinajstić information content (AvgIpc) is 3.21. The van der Waals surface area contributed by atoms with E-state index >= 15 is 0 Å². The lowest BCUT2D eigenvalue weighted by Crippen LogP contribution is -2.25. The number of benzene rings is 1. The lowest BCUT2D eigenvalue weighted by molar-refractivity contribution is 0.0949. The first-order chi connectivity index (χ1) is 11.8. The minimum absolute atomic E-state index is 0.150. The number of hydrogen-bond acceptors (Lipinski definition) is 3. The van der Waals surface area contributed by atoms with Crippen LogP contribution in [-0.2, 0) is 6.42 Å². The smallest absolute Gasteiger partial charge is 0.271 e. The highest BCUT2D eigenvalue weighted by molar-refractivity contribution is 5.92. The summed E-state index contributed by atoms with van der Waals surface area (Å²) in [6.07, 6.45) is 5.23. The number of fused-ring (bicyclic) bond motifs is 2. The molecule has 4 rings (SSSR count). The van der Waals surface area contributed by atoms with Gasteiger partial charge in [0.25, 0.3) is 5.91 Å². The molecule has 2 N–H and O–H groups in total. The summed E-state index contributed by atoms with van der Waals surface area (Å²) in [5, 5.41) is 2.91. The zero-order valence-electron chi connectivity index (χ0n) is 13.1. The third-order valence-electron chi connectivity index (χ3n) is 3.91. The van der Waals surface area contributed by atoms with E-state index < -0.39 is 0 Å². The summed E-state index contributed by atoms with van der Waals surface area (Å²) in [5.74, 6) is 0.793. The predicted molar refractivity (Wildman–Crippen MR) is 91.9 cm³/mol. The summed E-state index contributed by atoms with van der Waals surface area (Å²) in [5.41, 5.74) is 3.22. The van der Waals surface area contributed by atoms with Gasteiger partial charge in [-0.2, -0.15) is 0 Å². The minimum Gasteiger partial charge on any atom is -0.351 e. The minimum atomic E-state index is -0.150. The van der Waals surface area contributed by atoms with Crippen LogP contribution >= 0.6 is 0 Å². The molecule has 0 unspecified atom stereocenters. The largest absolute Gasteiger partial charge is 0.351 e. The molecule has 0 fully saturated rings. The van der Waals surface area contributed by atoms with Gasteiger partial charge in [-0.1, -0.05) is 18.2 Å². The van der Waals surface area contributed by atoms with Gasteiger partial charge in [0.2, 0.25) is 0 Å². The summed E-state index contributed by atoms with van der Waals surface area (Å²) in [7, 11) is 0. The quantitative estimate of drug-likeness (QED) is 0.555. The number of aromatic amines is 1. The van der Waals surface area contributed by atoms with Crippen LogP contribution in [0.4, 0.5) is 0 Å². The monoisotopic (exact) mass is 319 g/mol. The number of imidazole rings is 2. The van der Waals surface area contributed by atoms with Gasteiger partial charge in [0.05, 0.1) is 11.0 Å². The number of carbonyl (C=O) groups is 1. The number of para-hydroxylation sites is 2. The van der Waals surface area contributed by atoms with E-state index in [1.54, 1.807) is 6.20 Å². The highest BCUT2D eigenvalue weighted by Crippen LogP contribution is 2.11. The van der Waals surface area contributed by atoms with Crippen molar-refractivity contribution in [3.8, 4) is 0 Å². The van der Waals surface area contributed by atoms with Gasteiger partial charge in [0, 0.05) is 25.4 Å². The molecule has 0 aliphatic carbocycles. The van der Waals surface area contributed by atoms with Crippen LogP contribution in [0.25, 0.3) is 16.7 Å². The van der Waals surface area contributed by atoms with Crippen LogP contribution in [0.3, 0.4) is 0 Å². The molecular formula is C18H17N5O. The summed E-state index contributed by atoms with van der Waals surface area (Å²) in [4.78, 5) is 24.3. The Kier molecular flexibility index (Phi) is 3.70. The molecule has 0 aliphatic rings. The number of amides is 1. The number of nitrogens with one attached hydrogen (secondary N) is 2. The van der Waals surface area contributed by atoms with Gasteiger partial charge in [0.15, 0.2) is 0 Å². The first-order valence-electron chi connectivity index (χ1n) is 7.95. The first kappa shape index (κ1) is 14.4. The number of nitrogens with zero attached hydrogens (tertiary/aromatic N) is 3. The van der Waals surface area contributed by atoms with Gasteiger partial charge in [-0.15, -0.1) is 0 Å². The molecule has 0 spiro atoms. The molecule has 0 atom stereocenters. The van der Waals surface area contributed by atoms with Crippen LogP contribution in [0.2, 0.25) is 0 Å². The number of aryl methyl sites for hydroxylation is 1. The van der Waals surface area contributed by atoms with Crippen LogP contribution < -0.4 is 5.32 Å². The molecule has 24 heavy (non-hydrogen) atoms. The molecule has 3 heterocycles. The molecule has 1 amide bonds. The van der Waals surface area contributed by atoms with Crippen LogP contribution in [0.15, 0.2) is 54.9 Å². The van der Waals surface area contributed by atoms with Crippen molar-refractivity contribution in [1.29, 1.82) is 0 Å². The molecule has 1 aromatic carbocycles. The van der Waals surface area contributed by atoms with E-state index in [0.29, 0.717) is 12.2 Å². The number of H-pyrrole nitrogens is 1. The third kappa shape index (κ3) is 2.86. The Balaban J connectivity index is 1.32. The van der Waals surface area contributed by atoms with Gasteiger partial charge in [-0.05, 0) is 30.7 Å². The van der Waals surface area contributed by atoms with E-state index in [0.717, 1.165) is 35.3 Å². The molecule has 0 aliphatic heterocycles. The second-order valence-corrected chi connectivity index (χ2v) is 5.65. The molecule has 0 saturated heterocycles. The number of hydrogen-bond donors (Lipinski definition) is 2. The third-order valence-corrected chi connectivity index (χ3v) is 3.91. The summed E-state index contributed by atoms with van der Waals surface area (Å²) in [6.45, 7) is 0.587. The first-order valence-corrected chi connectivity index (χ1v) is 7.95. The molecule has 3 aromatic heterocycles. The Morgan fingerprint density at radius 2 is 2.00 bits per heavy atom. The van der Waals surface area contributed by atoms with Gasteiger partial charge < -0.3 is 14.7 Å². The van der Waals surface area contributed by atoms with Crippen molar-refractivity contribution in [3.05, 3.63) is 66.4 Å². The van der Waals surface area contributed by atoms with Crippen LogP contribution in [0.5, 0.6) is 0 Å². The number of pyridine rings is 1. The van der Waals surface area contributed by atoms with Gasteiger partial charge in [-0.3, -0.25) is 4.79 Å². The SMILES string of the molecule is O=C(NCCCc1nc2ccccc2[nH]1)c1cn2ccccc2n1. The Morgan fingerprint density at radius 3 is 2.88 bits per heavy atom. The van der Waals surface area contributed by atoms with Crippen LogP contribution in [0.1, 0.15) is 22.7 Å². The molecular weight excluding hydrogens is 302 g/mol. The lowest BCUT2D eigenvalue weighted by atomic mass is 10.3. The maximum Gasteiger partial charge on any atom is 0.271 e. The molecule has 6 heteroatoms. The van der Waals surface area contributed by atoms with Crippen LogP contribution in [-0.4, -0.2) is 31.8 Å². The summed E-state index contributed by atoms with van der Waals surface area (Å²) < 4.78 is 1.84. The van der Waals surface area contributed by atoms with E-state index in [1.165, 1.54) is 0 Å². The second kappa shape index (κ2) is 6.16. The number of aromatic nitrogens is 4. The Hall–Kier alpha value is -3.15. The normalized spacial score (nSPS) is 11.2. The topological polar surface area (TPSA) is 75.1 Å². The average molecular weight is 319 g/mol. The number of rotatable bonds is 5. The summed E-state index contributed by atoms with van der Waals surface area (Å²) >= 11 is 0. The van der Waals surface area contributed by atoms with Gasteiger partial charge >= 0.3 is 0 Å². The van der Waals surface area contributed by atoms with E-state index in [-0.39, 0.29) is 5.91 Å². The fourth-order valence-electron chi connectivity index (χ4n) is 2.72. The lowest BCUT2D eigenvalue weighted by Gasteiger charge is -2.01. The highest BCUT2D eigenvalue weighted by Gasteiger charge is 2.10. The predicted octanol–water partition coefficient (Wildman–Crippen LogP) is 2.57. The van der Waals surface area contributed by atoms with Crippen molar-refractivity contribution in [2.45, 2.75) is 12.8 Å². The highest BCUT2D eigenvalue weighted by atomic mass is 16.1. The molecule has 6 nitrogen and oxygen atoms in total. The van der Waals surface area contributed by atoms with Gasteiger partial charge in [-0.25, -0.2) is 9.97 Å². The molecule has 0 saturated carbocycles. The van der Waals surface area contributed by atoms with Crippen molar-refractivity contribution < 1.29 is 4.79 Å². The van der Waals surface area contributed by atoms with Crippen LogP contribution in [0, 0.1) is 0 Å². The van der Waals surface area contributed by atoms with Crippen molar-refractivity contribution in [2.75, 3.05) is 6.54 Å². The molecule has 4 aromatic rings. The van der Waals surface area contributed by atoms with Crippen molar-refractivity contribution in [3.63, 3.8) is 0 Å². The zero-order chi connectivity index (χ0) is 16.4. The van der Waals surface area contributed by atoms with Crippen molar-refractivity contribution >= 4 is 22.6 Å². The Labute approximate surface area is 138 Å². The maximum absolute atomic E-state index is 12.2. The van der Waals surface area contributed by atoms with Crippen molar-refractivity contribution in [2.24, 2.45) is 0 Å². The molecule has 0 bridgehead atoms. The molecule has 0 radical (unpaired) electrons. The Bertz CT molecular complexity index is 935. The van der Waals surface area contributed by atoms with E-state index in [9.17, 15) is 4.79 Å². The molecule has 120 valence electrons. The maximum atomic E-state index is 12.2. The summed E-state index contributed by atoms with van der Waals surface area (Å²) in [6, 6.07) is 13.6.